The van der Waals surface area contributed by atoms with E-state index in [0.29, 0.717) is 22.6 Å². The fourth-order valence-electron chi connectivity index (χ4n) is 2.70. The van der Waals surface area contributed by atoms with Gasteiger partial charge in [-0.05, 0) is 37.1 Å². The molecule has 0 aromatic heterocycles. The van der Waals surface area contributed by atoms with E-state index in [4.69, 9.17) is 30.0 Å². The molecule has 4 aromatic carbocycles. The van der Waals surface area contributed by atoms with Crippen molar-refractivity contribution in [1.82, 2.24) is 0 Å². The topological polar surface area (TPSA) is 172 Å². The Bertz CT molecular complexity index is 1190. The Hall–Kier alpha value is -4.79. The number of phenolic OH excluding ortho intramolecular Hbond substituents is 2. The first-order chi connectivity index (χ1) is 19.0. The Balaban J connectivity index is 0.000000525. The van der Waals surface area contributed by atoms with E-state index in [0.717, 1.165) is 0 Å². The molecule has 0 atom stereocenters. The summed E-state index contributed by atoms with van der Waals surface area (Å²) in [6.07, 6.45) is 2.63. The van der Waals surface area contributed by atoms with E-state index in [2.05, 4.69) is 0 Å². The minimum Gasteiger partial charge on any atom is -0.593 e. The molecule has 0 saturated heterocycles. The molecular weight excluding hydrogens is 560 g/mol. The predicted molar refractivity (Wildman–Crippen MR) is 161 cm³/mol. The molecule has 0 aliphatic rings. The standard InChI is InChI=1S/2C10H9O2.2C6H6O2.Ti/c2*1-8(11)7-10(12)9-5-3-2-4-6-9;2*7-5-1-2-6(8)4-3-5;/h2*2-7H,1H3;2*1-4,7-8H;/q2*-1;;;/p+6. The van der Waals surface area contributed by atoms with Crippen LogP contribution in [0, 0.1) is 12.8 Å². The zero-order chi connectivity index (χ0) is 29.9. The van der Waals surface area contributed by atoms with Gasteiger partial charge in [0.2, 0.25) is 23.1 Å². The second-order valence-electron chi connectivity index (χ2n) is 8.17. The van der Waals surface area contributed by atoms with Crippen molar-refractivity contribution in [3.63, 3.8) is 0 Å². The van der Waals surface area contributed by atoms with Crippen molar-refractivity contribution >= 4 is 23.1 Å². The molecule has 0 radical (unpaired) electrons. The molecule has 0 amide bonds. The van der Waals surface area contributed by atoms with Gasteiger partial charge in [-0.1, -0.05) is 47.5 Å². The Morgan fingerprint density at radius 1 is 0.512 bits per heavy atom. The summed E-state index contributed by atoms with van der Waals surface area (Å²) in [5, 5.41) is 31.3. The fraction of sp³-hybridized carbons (Fsp3) is 0.0625. The third-order valence-corrected chi connectivity index (χ3v) is 4.56. The predicted octanol–water partition coefficient (Wildman–Crippen LogP) is 4.36. The molecule has 0 spiro atoms. The van der Waals surface area contributed by atoms with Crippen molar-refractivity contribution in [1.29, 1.82) is 0 Å². The Morgan fingerprint density at radius 2 is 0.780 bits per heavy atom. The van der Waals surface area contributed by atoms with Gasteiger partial charge in [0.15, 0.2) is 0 Å². The largest absolute Gasteiger partial charge is 0.593 e. The first-order valence-electron chi connectivity index (χ1n) is 12.0. The number of phenols is 2. The molecule has 10 N–H and O–H groups in total. The average Bonchev–Trinajstić information content (AvgIpc) is 2.93. The SMILES string of the molecule is CC(=[OH+])[CH-]C(=[OH+])c1ccccc1.CC(=[OH+])[CH-]C(=[OH+])c1ccccc1.Oc1ccc([OH2+])cc1.Oc1ccc([OH2+])cc1.[Ti]. The first-order valence-corrected chi connectivity index (χ1v) is 12.0. The van der Waals surface area contributed by atoms with Crippen LogP contribution >= 0.6 is 0 Å². The van der Waals surface area contributed by atoms with Crippen LogP contribution in [0.1, 0.15) is 25.0 Å². The third-order valence-electron chi connectivity index (χ3n) is 4.56. The normalized spacial score (nSPS) is 8.83. The van der Waals surface area contributed by atoms with Crippen molar-refractivity contribution in [2.24, 2.45) is 0 Å². The van der Waals surface area contributed by atoms with Crippen molar-refractivity contribution in [3.8, 4) is 23.0 Å². The van der Waals surface area contributed by atoms with Crippen LogP contribution in [0.4, 0.5) is 0 Å². The summed E-state index contributed by atoms with van der Waals surface area (Å²) in [6, 6.07) is 30.2. The van der Waals surface area contributed by atoms with Gasteiger partial charge < -0.3 is 30.0 Å². The zero-order valence-corrected chi connectivity index (χ0v) is 24.3. The average molecular weight is 596 g/mol. The van der Waals surface area contributed by atoms with E-state index >= 15 is 0 Å². The summed E-state index contributed by atoms with van der Waals surface area (Å²) in [6.45, 7) is 3.03. The van der Waals surface area contributed by atoms with Gasteiger partial charge in [0.05, 0.1) is 0 Å². The van der Waals surface area contributed by atoms with Crippen molar-refractivity contribution in [2.75, 3.05) is 0 Å². The maximum atomic E-state index is 9.37. The molecule has 41 heavy (non-hydrogen) atoms. The van der Waals surface area contributed by atoms with E-state index in [9.17, 15) is 9.59 Å². The molecule has 4 aromatic rings. The third kappa shape index (κ3) is 17.4. The van der Waals surface area contributed by atoms with Crippen LogP contribution in [0.15, 0.2) is 109 Å². The number of hydrogen-bond acceptors (Lipinski definition) is 2. The van der Waals surface area contributed by atoms with Crippen LogP contribution in [0.2, 0.25) is 0 Å². The molecule has 0 unspecified atom stereocenters. The van der Waals surface area contributed by atoms with Gasteiger partial charge in [-0.3, -0.25) is 9.59 Å². The molecule has 8 nitrogen and oxygen atoms in total. The molecule has 9 heteroatoms. The number of aromatic hydroxyl groups is 2. The van der Waals surface area contributed by atoms with Crippen LogP contribution < -0.4 is 0 Å². The summed E-state index contributed by atoms with van der Waals surface area (Å²) in [5.41, 5.74) is 1.40. The smallest absolute Gasteiger partial charge is 0.254 e. The van der Waals surface area contributed by atoms with Crippen molar-refractivity contribution in [3.05, 3.63) is 133 Å². The molecule has 0 saturated carbocycles. The van der Waals surface area contributed by atoms with E-state index < -0.39 is 0 Å². The maximum absolute atomic E-state index is 9.37. The van der Waals surface area contributed by atoms with Crippen molar-refractivity contribution in [2.45, 2.75) is 13.8 Å². The van der Waals surface area contributed by atoms with Gasteiger partial charge in [-0.25, -0.2) is 0 Å². The molecule has 0 fully saturated rings. The molecule has 212 valence electrons. The number of carbonyl (C=O) groups excluding carboxylic acids is 4. The second-order valence-corrected chi connectivity index (χ2v) is 8.17. The maximum Gasteiger partial charge on any atom is 0.254 e. The summed E-state index contributed by atoms with van der Waals surface area (Å²) < 4.78 is 0. The second kappa shape index (κ2) is 20.2. The molecule has 0 aliphatic heterocycles. The van der Waals surface area contributed by atoms with Gasteiger partial charge in [0, 0.05) is 59.8 Å². The van der Waals surface area contributed by atoms with Crippen molar-refractivity contribution < 1.29 is 61.3 Å². The van der Waals surface area contributed by atoms with Crippen LogP contribution in [0.3, 0.4) is 0 Å². The summed E-state index contributed by atoms with van der Waals surface area (Å²) >= 11 is 0. The monoisotopic (exact) mass is 596 g/mol. The zero-order valence-electron chi connectivity index (χ0n) is 22.7. The first kappa shape index (κ1) is 36.2. The van der Waals surface area contributed by atoms with Crippen LogP contribution in [-0.4, -0.2) is 62.7 Å². The van der Waals surface area contributed by atoms with E-state index in [1.165, 1.54) is 75.2 Å². The number of hydrogen-bond donors (Lipinski definition) is 2. The van der Waals surface area contributed by atoms with Gasteiger partial charge in [0.1, 0.15) is 11.5 Å². The Kier molecular flexibility index (Phi) is 17.8. The van der Waals surface area contributed by atoms with E-state index in [1.54, 1.807) is 24.3 Å². The summed E-state index contributed by atoms with van der Waals surface area (Å²) in [4.78, 5) is 36.5. The minimum atomic E-state index is 0. The van der Waals surface area contributed by atoms with Gasteiger partial charge in [-0.15, -0.1) is 24.3 Å². The van der Waals surface area contributed by atoms with Crippen LogP contribution in [0.25, 0.3) is 0 Å². The molecule has 4 rings (SSSR count). The van der Waals surface area contributed by atoms with E-state index in [-0.39, 0.29) is 56.3 Å². The summed E-state index contributed by atoms with van der Waals surface area (Å²) in [5.74, 6) is 1.60. The Labute approximate surface area is 253 Å². The van der Waals surface area contributed by atoms with Gasteiger partial charge >= 0.3 is 0 Å². The Morgan fingerprint density at radius 3 is 1.00 bits per heavy atom. The molecule has 0 heterocycles. The van der Waals surface area contributed by atoms with Gasteiger partial charge in [-0.2, -0.15) is 0 Å². The van der Waals surface area contributed by atoms with Gasteiger partial charge in [0.25, 0.3) is 11.5 Å². The number of benzene rings is 4. The fourth-order valence-corrected chi connectivity index (χ4v) is 2.70. The van der Waals surface area contributed by atoms with Crippen LogP contribution in [0.5, 0.6) is 23.0 Å². The molecule has 0 aliphatic carbocycles. The number of ketones is 4. The molecular formula is C32H36O8Ti+4. The summed E-state index contributed by atoms with van der Waals surface area (Å²) in [7, 11) is 0. The number of rotatable bonds is 6. The quantitative estimate of drug-likeness (QED) is 0.111. The minimum absolute atomic E-state index is 0. The van der Waals surface area contributed by atoms with E-state index in [1.807, 2.05) is 36.4 Å². The molecule has 0 bridgehead atoms. The van der Waals surface area contributed by atoms with Crippen LogP contribution in [-0.2, 0) is 21.7 Å².